The van der Waals surface area contributed by atoms with Crippen LogP contribution in [-0.4, -0.2) is 16.9 Å². The maximum Gasteiger partial charge on any atom is 0.308 e. The van der Waals surface area contributed by atoms with E-state index in [1.165, 1.54) is 19.1 Å². The highest BCUT2D eigenvalue weighted by Crippen LogP contribution is 2.41. The van der Waals surface area contributed by atoms with Gasteiger partial charge in [-0.15, -0.1) is 0 Å². The fourth-order valence-electron chi connectivity index (χ4n) is 2.49. The Labute approximate surface area is 127 Å². The first-order valence-corrected chi connectivity index (χ1v) is 6.85. The van der Waals surface area contributed by atoms with Crippen LogP contribution in [0.15, 0.2) is 42.5 Å². The van der Waals surface area contributed by atoms with Crippen molar-refractivity contribution in [2.24, 2.45) is 0 Å². The van der Waals surface area contributed by atoms with E-state index in [-0.39, 0.29) is 35.0 Å². The van der Waals surface area contributed by atoms with Gasteiger partial charge in [0.2, 0.25) is 0 Å². The van der Waals surface area contributed by atoms with Crippen molar-refractivity contribution in [3.05, 3.63) is 53.6 Å². The predicted octanol–water partition coefficient (Wildman–Crippen LogP) is 3.02. The Balaban J connectivity index is 1.99. The van der Waals surface area contributed by atoms with Gasteiger partial charge < -0.3 is 14.6 Å². The van der Waals surface area contributed by atoms with Crippen molar-refractivity contribution >= 4 is 11.8 Å². The number of carbonyl (C=O) groups excluding carboxylic acids is 2. The molecule has 5 nitrogen and oxygen atoms in total. The number of ether oxygens (including phenoxy) is 2. The molecule has 2 aromatic rings. The summed E-state index contributed by atoms with van der Waals surface area (Å²) in [6.07, 6.45) is -0.273. The van der Waals surface area contributed by atoms with E-state index in [1.54, 1.807) is 0 Å². The molecule has 0 amide bonds. The summed E-state index contributed by atoms with van der Waals surface area (Å²) in [6.45, 7) is 1.26. The minimum atomic E-state index is -0.513. The van der Waals surface area contributed by atoms with Gasteiger partial charge in [-0.25, -0.2) is 0 Å². The molecule has 1 atom stereocenters. The van der Waals surface area contributed by atoms with Crippen LogP contribution in [0.4, 0.5) is 0 Å². The van der Waals surface area contributed by atoms with Crippen LogP contribution in [-0.2, 0) is 4.79 Å². The summed E-state index contributed by atoms with van der Waals surface area (Å²) in [5.41, 5.74) is 1.00. The van der Waals surface area contributed by atoms with Crippen LogP contribution in [0.5, 0.6) is 17.2 Å². The summed E-state index contributed by atoms with van der Waals surface area (Å²) in [4.78, 5) is 23.3. The molecule has 1 aliphatic rings. The van der Waals surface area contributed by atoms with Crippen LogP contribution in [0.25, 0.3) is 0 Å². The summed E-state index contributed by atoms with van der Waals surface area (Å²) in [6, 6.07) is 12.1. The van der Waals surface area contributed by atoms with Gasteiger partial charge in [0.1, 0.15) is 28.9 Å². The van der Waals surface area contributed by atoms with Crippen molar-refractivity contribution < 1.29 is 24.2 Å². The molecule has 0 fully saturated rings. The number of phenols is 1. The number of benzene rings is 2. The smallest absolute Gasteiger partial charge is 0.308 e. The molecule has 5 heteroatoms. The second-order valence-corrected chi connectivity index (χ2v) is 5.05. The molecular weight excluding hydrogens is 284 g/mol. The topological polar surface area (TPSA) is 72.8 Å². The van der Waals surface area contributed by atoms with Gasteiger partial charge in [-0.05, 0) is 5.56 Å². The van der Waals surface area contributed by atoms with Crippen LogP contribution in [0.3, 0.4) is 0 Å². The molecule has 0 saturated carbocycles. The van der Waals surface area contributed by atoms with Crippen LogP contribution in [0, 0.1) is 0 Å². The van der Waals surface area contributed by atoms with E-state index in [0.717, 1.165) is 5.56 Å². The van der Waals surface area contributed by atoms with Crippen LogP contribution < -0.4 is 9.47 Å². The molecule has 112 valence electrons. The molecule has 1 unspecified atom stereocenters. The van der Waals surface area contributed by atoms with Crippen molar-refractivity contribution in [3.8, 4) is 17.2 Å². The number of hydrogen-bond acceptors (Lipinski definition) is 5. The van der Waals surface area contributed by atoms with Crippen LogP contribution >= 0.6 is 0 Å². The van der Waals surface area contributed by atoms with Gasteiger partial charge in [-0.3, -0.25) is 9.59 Å². The molecule has 1 heterocycles. The molecule has 22 heavy (non-hydrogen) atoms. The molecule has 0 bridgehead atoms. The van der Waals surface area contributed by atoms with Crippen molar-refractivity contribution in [2.75, 3.05) is 0 Å². The minimum absolute atomic E-state index is 0.128. The number of esters is 1. The SMILES string of the molecule is CC(=O)Oc1cc(O)c2c(c1)OC(c1ccccc1)CC2=O. The van der Waals surface area contributed by atoms with Crippen molar-refractivity contribution in [1.29, 1.82) is 0 Å². The van der Waals surface area contributed by atoms with E-state index in [9.17, 15) is 14.7 Å². The Kier molecular flexibility index (Phi) is 3.55. The average Bonchev–Trinajstić information content (AvgIpc) is 2.46. The Morgan fingerprint density at radius 2 is 2.00 bits per heavy atom. The zero-order chi connectivity index (χ0) is 15.7. The molecule has 2 aromatic carbocycles. The molecule has 1 N–H and O–H groups in total. The van der Waals surface area contributed by atoms with Crippen molar-refractivity contribution in [2.45, 2.75) is 19.4 Å². The van der Waals surface area contributed by atoms with Gasteiger partial charge in [0.25, 0.3) is 0 Å². The predicted molar refractivity (Wildman–Crippen MR) is 78.2 cm³/mol. The molecule has 1 aliphatic heterocycles. The third kappa shape index (κ3) is 2.65. The summed E-state index contributed by atoms with van der Waals surface area (Å²) in [5, 5.41) is 9.99. The quantitative estimate of drug-likeness (QED) is 0.681. The number of hydrogen-bond donors (Lipinski definition) is 1. The fraction of sp³-hybridized carbons (Fsp3) is 0.176. The average molecular weight is 298 g/mol. The summed E-state index contributed by atoms with van der Waals surface area (Å²) in [7, 11) is 0. The van der Waals surface area contributed by atoms with Gasteiger partial charge in [0, 0.05) is 19.1 Å². The molecule has 0 aliphatic carbocycles. The maximum absolute atomic E-state index is 12.3. The van der Waals surface area contributed by atoms with E-state index in [2.05, 4.69) is 0 Å². The number of ketones is 1. The molecular formula is C17H14O5. The van der Waals surface area contributed by atoms with E-state index < -0.39 is 12.1 Å². The Hall–Kier alpha value is -2.82. The van der Waals surface area contributed by atoms with E-state index in [4.69, 9.17) is 9.47 Å². The molecule has 3 rings (SSSR count). The van der Waals surface area contributed by atoms with Crippen LogP contribution in [0.1, 0.15) is 35.4 Å². The number of rotatable bonds is 2. The van der Waals surface area contributed by atoms with Gasteiger partial charge in [-0.2, -0.15) is 0 Å². The number of carbonyl (C=O) groups is 2. The number of Topliss-reactive ketones (excluding diaryl/α,β-unsaturated/α-hetero) is 1. The van der Waals surface area contributed by atoms with Crippen molar-refractivity contribution in [3.63, 3.8) is 0 Å². The van der Waals surface area contributed by atoms with Gasteiger partial charge in [0.05, 0.1) is 6.42 Å². The van der Waals surface area contributed by atoms with Gasteiger partial charge >= 0.3 is 5.97 Å². The van der Waals surface area contributed by atoms with Gasteiger partial charge in [-0.1, -0.05) is 30.3 Å². The summed E-state index contributed by atoms with van der Waals surface area (Å²) >= 11 is 0. The lowest BCUT2D eigenvalue weighted by Gasteiger charge is -2.26. The normalized spacial score (nSPS) is 16.6. The highest BCUT2D eigenvalue weighted by molar-refractivity contribution is 6.02. The lowest BCUT2D eigenvalue weighted by atomic mass is 9.95. The lowest BCUT2D eigenvalue weighted by molar-refractivity contribution is -0.131. The fourth-order valence-corrected chi connectivity index (χ4v) is 2.49. The largest absolute Gasteiger partial charge is 0.507 e. The minimum Gasteiger partial charge on any atom is -0.507 e. The summed E-state index contributed by atoms with van der Waals surface area (Å²) in [5.74, 6) is -0.597. The maximum atomic E-state index is 12.3. The Bertz CT molecular complexity index is 736. The van der Waals surface area contributed by atoms with E-state index >= 15 is 0 Å². The summed E-state index contributed by atoms with van der Waals surface area (Å²) < 4.78 is 10.8. The Morgan fingerprint density at radius 3 is 2.68 bits per heavy atom. The number of fused-ring (bicyclic) bond motifs is 1. The zero-order valence-electron chi connectivity index (χ0n) is 11.9. The number of phenolic OH excluding ortho intramolecular Hbond substituents is 1. The second kappa shape index (κ2) is 5.52. The van der Waals surface area contributed by atoms with E-state index in [0.29, 0.717) is 0 Å². The van der Waals surface area contributed by atoms with Crippen molar-refractivity contribution in [1.82, 2.24) is 0 Å². The Morgan fingerprint density at radius 1 is 1.27 bits per heavy atom. The molecule has 0 aromatic heterocycles. The first-order chi connectivity index (χ1) is 10.5. The third-order valence-electron chi connectivity index (χ3n) is 3.41. The standard InChI is InChI=1S/C17H14O5/c1-10(18)21-12-7-13(19)17-14(20)9-15(22-16(17)8-12)11-5-3-2-4-6-11/h2-8,15,19H,9H2,1H3. The first-order valence-electron chi connectivity index (χ1n) is 6.85. The zero-order valence-corrected chi connectivity index (χ0v) is 11.9. The highest BCUT2D eigenvalue weighted by Gasteiger charge is 2.30. The highest BCUT2D eigenvalue weighted by atomic mass is 16.5. The molecule has 0 spiro atoms. The van der Waals surface area contributed by atoms with E-state index in [1.807, 2.05) is 30.3 Å². The molecule has 0 radical (unpaired) electrons. The van der Waals surface area contributed by atoms with Crippen LogP contribution in [0.2, 0.25) is 0 Å². The molecule has 0 saturated heterocycles. The monoisotopic (exact) mass is 298 g/mol. The third-order valence-corrected chi connectivity index (χ3v) is 3.41. The number of aromatic hydroxyl groups is 1. The first kappa shape index (κ1) is 14.1. The van der Waals surface area contributed by atoms with Gasteiger partial charge in [0.15, 0.2) is 5.78 Å². The second-order valence-electron chi connectivity index (χ2n) is 5.05. The lowest BCUT2D eigenvalue weighted by Crippen LogP contribution is -2.20.